The van der Waals surface area contributed by atoms with Crippen LogP contribution in [0.1, 0.15) is 0 Å². The van der Waals surface area contributed by atoms with Crippen LogP contribution in [0.2, 0.25) is 0 Å². The molecule has 6 heavy (non-hydrogen) atoms. The van der Waals surface area contributed by atoms with E-state index in [0.717, 1.165) is 11.8 Å². The number of rotatable bonds is 0. The monoisotopic (exact) mass is 100.0 g/mol. The van der Waals surface area contributed by atoms with Gasteiger partial charge in [-0.1, -0.05) is 0 Å². The molecule has 0 aromatic heterocycles. The number of carbonyl (C=O) groups excluding carboxylic acids is 1. The largest absolute Gasteiger partial charge is 0.309 e. The zero-order valence-electron chi connectivity index (χ0n) is 2.92. The first-order valence-corrected chi connectivity index (χ1v) is 2.34. The van der Waals surface area contributed by atoms with E-state index < -0.39 is 0 Å². The number of nitrogens with zero attached hydrogens (tertiary/aromatic N) is 1. The van der Waals surface area contributed by atoms with Gasteiger partial charge in [-0.25, -0.2) is 5.32 Å². The maximum absolute atomic E-state index is 9.98. The zero-order chi connectivity index (χ0) is 4.41. The summed E-state index contributed by atoms with van der Waals surface area (Å²) >= 11 is 1.11. The maximum Gasteiger partial charge on any atom is 0.309 e. The van der Waals surface area contributed by atoms with Crippen LogP contribution in [-0.4, -0.2) is 5.24 Å². The van der Waals surface area contributed by atoms with E-state index in [-0.39, 0.29) is 5.24 Å². The van der Waals surface area contributed by atoms with Gasteiger partial charge in [0.25, 0.3) is 0 Å². The third kappa shape index (κ3) is 0.542. The Morgan fingerprint density at radius 3 is 2.83 bits per heavy atom. The van der Waals surface area contributed by atoms with Gasteiger partial charge in [-0.15, -0.1) is 0 Å². The van der Waals surface area contributed by atoms with E-state index in [1.807, 2.05) is 0 Å². The predicted molar refractivity (Wildman–Crippen MR) is 24.3 cm³/mol. The van der Waals surface area contributed by atoms with E-state index in [1.165, 1.54) is 6.20 Å². The third-order valence-electron chi connectivity index (χ3n) is 0.410. The van der Waals surface area contributed by atoms with Crippen molar-refractivity contribution in [2.45, 2.75) is 0 Å². The highest BCUT2D eigenvalue weighted by molar-refractivity contribution is 8.16. The van der Waals surface area contributed by atoms with Crippen LogP contribution < -0.4 is 5.32 Å². The second kappa shape index (κ2) is 1.34. The molecule has 0 unspecified atom stereocenters. The van der Waals surface area contributed by atoms with Crippen LogP contribution in [0.15, 0.2) is 11.6 Å². The number of amides is 1. The summed E-state index contributed by atoms with van der Waals surface area (Å²) in [5.41, 5.74) is 0. The van der Waals surface area contributed by atoms with Crippen molar-refractivity contribution in [2.24, 2.45) is 0 Å². The average molecular weight is 100 g/mol. The van der Waals surface area contributed by atoms with Crippen molar-refractivity contribution in [1.82, 2.24) is 5.32 Å². The minimum atomic E-state index is -0.116. The van der Waals surface area contributed by atoms with Crippen molar-refractivity contribution < 1.29 is 4.79 Å². The molecule has 0 spiro atoms. The fourth-order valence-corrected chi connectivity index (χ4v) is 0.570. The highest BCUT2D eigenvalue weighted by Gasteiger charge is 2.01. The fraction of sp³-hybridized carbons (Fsp3) is 0. The number of carbonyl (C=O) groups is 1. The van der Waals surface area contributed by atoms with Crippen molar-refractivity contribution in [3.05, 3.63) is 11.6 Å². The third-order valence-corrected chi connectivity index (χ3v) is 0.975. The van der Waals surface area contributed by atoms with Crippen LogP contribution in [-0.2, 0) is 0 Å². The summed E-state index contributed by atoms with van der Waals surface area (Å²) in [6.07, 6.45) is 1.49. The van der Waals surface area contributed by atoms with E-state index in [2.05, 4.69) is 5.32 Å². The SMILES string of the molecule is O=C1[N]C=CS1. The summed E-state index contributed by atoms with van der Waals surface area (Å²) in [6.45, 7) is 0. The molecule has 1 amide bonds. The minimum absolute atomic E-state index is 0.116. The zero-order valence-corrected chi connectivity index (χ0v) is 3.73. The first kappa shape index (κ1) is 3.74. The molecule has 1 radical (unpaired) electrons. The van der Waals surface area contributed by atoms with E-state index in [4.69, 9.17) is 0 Å². The van der Waals surface area contributed by atoms with Gasteiger partial charge in [0.2, 0.25) is 0 Å². The van der Waals surface area contributed by atoms with E-state index >= 15 is 0 Å². The summed E-state index contributed by atoms with van der Waals surface area (Å²) in [4.78, 5) is 9.98. The summed E-state index contributed by atoms with van der Waals surface area (Å²) in [7, 11) is 0. The Hall–Kier alpha value is -0.440. The summed E-state index contributed by atoms with van der Waals surface area (Å²) in [5, 5.41) is 4.92. The highest BCUT2D eigenvalue weighted by atomic mass is 32.2. The van der Waals surface area contributed by atoms with Gasteiger partial charge in [0.05, 0.1) is 0 Å². The molecule has 31 valence electrons. The predicted octanol–water partition coefficient (Wildman–Crippen LogP) is 0.929. The lowest BCUT2D eigenvalue weighted by molar-refractivity contribution is 0.263. The number of hydrogen-bond acceptors (Lipinski definition) is 2. The van der Waals surface area contributed by atoms with Gasteiger partial charge < -0.3 is 0 Å². The normalized spacial score (nSPS) is 18.3. The molecule has 0 aromatic carbocycles. The maximum atomic E-state index is 9.98. The Morgan fingerprint density at radius 2 is 2.67 bits per heavy atom. The molecule has 0 N–H and O–H groups in total. The lowest BCUT2D eigenvalue weighted by Crippen LogP contribution is -1.92. The molecule has 0 fully saturated rings. The van der Waals surface area contributed by atoms with Crippen LogP contribution in [0, 0.1) is 0 Å². The second-order valence-electron chi connectivity index (χ2n) is 0.798. The van der Waals surface area contributed by atoms with Crippen molar-refractivity contribution >= 4 is 17.0 Å². The molecule has 0 aliphatic carbocycles. The van der Waals surface area contributed by atoms with Crippen molar-refractivity contribution in [3.8, 4) is 0 Å². The van der Waals surface area contributed by atoms with Gasteiger partial charge in [0, 0.05) is 6.20 Å². The van der Waals surface area contributed by atoms with Crippen molar-refractivity contribution in [2.75, 3.05) is 0 Å². The Labute approximate surface area is 39.6 Å². The van der Waals surface area contributed by atoms with Crippen LogP contribution >= 0.6 is 11.8 Å². The average Bonchev–Trinajstić information content (AvgIpc) is 1.86. The first-order chi connectivity index (χ1) is 2.89. The van der Waals surface area contributed by atoms with Gasteiger partial charge in [0.1, 0.15) is 0 Å². The molecule has 0 saturated carbocycles. The molecule has 0 atom stereocenters. The standard InChI is InChI=1S/C3H2NOS/c5-3-4-1-2-6-3/h1-2H. The van der Waals surface area contributed by atoms with Crippen molar-refractivity contribution in [3.63, 3.8) is 0 Å². The van der Waals surface area contributed by atoms with Crippen LogP contribution in [0.3, 0.4) is 0 Å². The molecule has 1 heterocycles. The molecule has 0 saturated heterocycles. The van der Waals surface area contributed by atoms with E-state index in [9.17, 15) is 4.79 Å². The Bertz CT molecular complexity index is 89.0. The minimum Gasteiger partial charge on any atom is -0.259 e. The van der Waals surface area contributed by atoms with Gasteiger partial charge >= 0.3 is 5.24 Å². The second-order valence-corrected chi connectivity index (χ2v) is 1.66. The molecule has 1 aliphatic rings. The van der Waals surface area contributed by atoms with Crippen molar-refractivity contribution in [1.29, 1.82) is 0 Å². The number of hydrogen-bond donors (Lipinski definition) is 0. The quantitative estimate of drug-likeness (QED) is 0.453. The molecule has 0 aromatic rings. The molecule has 0 bridgehead atoms. The lowest BCUT2D eigenvalue weighted by atomic mass is 11.0. The fourth-order valence-electron chi connectivity index (χ4n) is 0.210. The molecule has 1 rings (SSSR count). The Morgan fingerprint density at radius 1 is 1.83 bits per heavy atom. The summed E-state index contributed by atoms with van der Waals surface area (Å²) in [6, 6.07) is 0. The van der Waals surface area contributed by atoms with E-state index in [1.54, 1.807) is 5.41 Å². The first-order valence-electron chi connectivity index (χ1n) is 1.46. The topological polar surface area (TPSA) is 31.2 Å². The Kier molecular flexibility index (Phi) is 0.837. The van der Waals surface area contributed by atoms with Crippen LogP contribution in [0.4, 0.5) is 4.79 Å². The van der Waals surface area contributed by atoms with Gasteiger partial charge in [0.15, 0.2) is 0 Å². The molecular weight excluding hydrogens is 98.1 g/mol. The molecule has 2 nitrogen and oxygen atoms in total. The Balaban J connectivity index is 2.52. The number of thioether (sulfide) groups is 1. The molecule has 3 heteroatoms. The smallest absolute Gasteiger partial charge is 0.259 e. The van der Waals surface area contributed by atoms with Gasteiger partial charge in [-0.2, -0.15) is 0 Å². The van der Waals surface area contributed by atoms with Gasteiger partial charge in [-0.05, 0) is 17.2 Å². The highest BCUT2D eigenvalue weighted by Crippen LogP contribution is 2.08. The van der Waals surface area contributed by atoms with Crippen LogP contribution in [0.25, 0.3) is 0 Å². The van der Waals surface area contributed by atoms with E-state index in [0.29, 0.717) is 0 Å². The van der Waals surface area contributed by atoms with Gasteiger partial charge in [-0.3, -0.25) is 4.79 Å². The summed E-state index contributed by atoms with van der Waals surface area (Å²) in [5.74, 6) is 0. The molecular formula is C3H2NOS. The summed E-state index contributed by atoms with van der Waals surface area (Å²) < 4.78 is 0. The lowest BCUT2D eigenvalue weighted by Gasteiger charge is -1.72. The van der Waals surface area contributed by atoms with Crippen LogP contribution in [0.5, 0.6) is 0 Å². The molecule has 1 aliphatic heterocycles.